The van der Waals surface area contributed by atoms with E-state index in [-0.39, 0.29) is 5.54 Å². The summed E-state index contributed by atoms with van der Waals surface area (Å²) >= 11 is 6.31. The maximum absolute atomic E-state index is 6.31. The minimum Gasteiger partial charge on any atom is -0.493 e. The Kier molecular flexibility index (Phi) is 3.40. The van der Waals surface area contributed by atoms with Gasteiger partial charge in [0.05, 0.1) is 6.61 Å². The topological polar surface area (TPSA) is 24.5 Å². The summed E-state index contributed by atoms with van der Waals surface area (Å²) in [6, 6.07) is 4.16. The van der Waals surface area contributed by atoms with Crippen LogP contribution in [0.5, 0.6) is 5.75 Å². The van der Waals surface area contributed by atoms with E-state index in [1.54, 1.807) is 0 Å². The number of fused-ring (bicyclic) bond motifs is 1. The first-order valence-corrected chi connectivity index (χ1v) is 8.44. The van der Waals surface area contributed by atoms with Gasteiger partial charge in [-0.3, -0.25) is 4.90 Å². The van der Waals surface area contributed by atoms with Crippen molar-refractivity contribution in [2.24, 2.45) is 5.92 Å². The molecule has 1 saturated carbocycles. The Bertz CT molecular complexity index is 558. The van der Waals surface area contributed by atoms with Gasteiger partial charge in [-0.05, 0) is 43.4 Å². The van der Waals surface area contributed by atoms with Crippen LogP contribution in [-0.4, -0.2) is 36.7 Å². The molecule has 1 N–H and O–H groups in total. The summed E-state index contributed by atoms with van der Waals surface area (Å²) in [5.41, 5.74) is 2.83. The number of nitrogens with one attached hydrogen (secondary N) is 1. The summed E-state index contributed by atoms with van der Waals surface area (Å²) in [6.07, 6.45) is 3.74. The zero-order valence-corrected chi connectivity index (χ0v) is 13.4. The van der Waals surface area contributed by atoms with Crippen molar-refractivity contribution < 1.29 is 4.74 Å². The second-order valence-corrected chi connectivity index (χ2v) is 7.32. The molecule has 114 valence electrons. The second kappa shape index (κ2) is 5.15. The molecule has 2 aliphatic heterocycles. The van der Waals surface area contributed by atoms with E-state index in [9.17, 15) is 0 Å². The summed E-state index contributed by atoms with van der Waals surface area (Å²) < 4.78 is 5.87. The van der Waals surface area contributed by atoms with E-state index in [4.69, 9.17) is 16.3 Å². The minimum atomic E-state index is 0.284. The molecule has 0 radical (unpaired) electrons. The molecule has 0 amide bonds. The van der Waals surface area contributed by atoms with E-state index < -0.39 is 0 Å². The molecule has 0 aromatic heterocycles. The van der Waals surface area contributed by atoms with Crippen LogP contribution in [-0.2, 0) is 13.0 Å². The van der Waals surface area contributed by atoms with E-state index >= 15 is 0 Å². The van der Waals surface area contributed by atoms with Crippen LogP contribution in [0.25, 0.3) is 0 Å². The molecule has 1 aliphatic carbocycles. The smallest absolute Gasteiger partial charge is 0.127 e. The van der Waals surface area contributed by atoms with Gasteiger partial charge in [0.25, 0.3) is 0 Å². The molecule has 21 heavy (non-hydrogen) atoms. The average molecular weight is 307 g/mol. The molecule has 1 atom stereocenters. The fourth-order valence-electron chi connectivity index (χ4n) is 3.96. The van der Waals surface area contributed by atoms with Crippen LogP contribution in [0.2, 0.25) is 5.02 Å². The Morgan fingerprint density at radius 1 is 1.43 bits per heavy atom. The van der Waals surface area contributed by atoms with Gasteiger partial charge in [0.15, 0.2) is 0 Å². The summed E-state index contributed by atoms with van der Waals surface area (Å²) in [7, 11) is 0. The fourth-order valence-corrected chi connectivity index (χ4v) is 4.22. The van der Waals surface area contributed by atoms with Crippen LogP contribution in [0.3, 0.4) is 0 Å². The SMILES string of the molecule is CC1(C2CC2)CNCCN1Cc1cc(Cl)cc2c1OCC2. The molecular formula is C17H23ClN2O. The predicted molar refractivity (Wildman–Crippen MR) is 85.1 cm³/mol. The van der Waals surface area contributed by atoms with Crippen molar-refractivity contribution in [2.45, 2.75) is 38.3 Å². The number of rotatable bonds is 3. The lowest BCUT2D eigenvalue weighted by Crippen LogP contribution is -2.60. The van der Waals surface area contributed by atoms with E-state index in [0.717, 1.165) is 55.9 Å². The Balaban J connectivity index is 1.63. The molecule has 1 saturated heterocycles. The van der Waals surface area contributed by atoms with Gasteiger partial charge in [-0.25, -0.2) is 0 Å². The Labute approximate surface area is 131 Å². The van der Waals surface area contributed by atoms with E-state index in [1.807, 2.05) is 0 Å². The second-order valence-electron chi connectivity index (χ2n) is 6.88. The van der Waals surface area contributed by atoms with Crippen molar-refractivity contribution in [1.82, 2.24) is 10.2 Å². The van der Waals surface area contributed by atoms with Gasteiger partial charge in [0.1, 0.15) is 5.75 Å². The zero-order valence-electron chi connectivity index (χ0n) is 12.6. The highest BCUT2D eigenvalue weighted by molar-refractivity contribution is 6.30. The van der Waals surface area contributed by atoms with Crippen LogP contribution < -0.4 is 10.1 Å². The summed E-state index contributed by atoms with van der Waals surface area (Å²) in [5.74, 6) is 1.94. The maximum atomic E-state index is 6.31. The van der Waals surface area contributed by atoms with Gasteiger partial charge in [0, 0.05) is 48.7 Å². The van der Waals surface area contributed by atoms with Crippen LogP contribution >= 0.6 is 11.6 Å². The van der Waals surface area contributed by atoms with Gasteiger partial charge in [0.2, 0.25) is 0 Å². The molecule has 1 aromatic carbocycles. The van der Waals surface area contributed by atoms with Crippen molar-refractivity contribution in [3.05, 3.63) is 28.3 Å². The highest BCUT2D eigenvalue weighted by Crippen LogP contribution is 2.45. The van der Waals surface area contributed by atoms with Crippen LogP contribution in [0.15, 0.2) is 12.1 Å². The Morgan fingerprint density at radius 2 is 2.29 bits per heavy atom. The molecular weight excluding hydrogens is 284 g/mol. The lowest BCUT2D eigenvalue weighted by molar-refractivity contribution is 0.0478. The summed E-state index contributed by atoms with van der Waals surface area (Å²) in [5, 5.41) is 4.42. The molecule has 0 spiro atoms. The first-order chi connectivity index (χ1) is 10.2. The number of ether oxygens (including phenoxy) is 1. The third-order valence-electron chi connectivity index (χ3n) is 5.41. The molecule has 4 rings (SSSR count). The van der Waals surface area contributed by atoms with Crippen molar-refractivity contribution in [1.29, 1.82) is 0 Å². The van der Waals surface area contributed by atoms with Crippen molar-refractivity contribution in [3.8, 4) is 5.75 Å². The zero-order chi connectivity index (χ0) is 14.4. The van der Waals surface area contributed by atoms with E-state index in [2.05, 4.69) is 29.3 Å². The highest BCUT2D eigenvalue weighted by atomic mass is 35.5. The monoisotopic (exact) mass is 306 g/mol. The number of hydrogen-bond donors (Lipinski definition) is 1. The highest BCUT2D eigenvalue weighted by Gasteiger charge is 2.46. The number of nitrogens with zero attached hydrogens (tertiary/aromatic N) is 1. The average Bonchev–Trinajstić information content (AvgIpc) is 3.21. The fraction of sp³-hybridized carbons (Fsp3) is 0.647. The van der Waals surface area contributed by atoms with Crippen molar-refractivity contribution in [2.75, 3.05) is 26.2 Å². The van der Waals surface area contributed by atoms with E-state index in [0.29, 0.717) is 0 Å². The lowest BCUT2D eigenvalue weighted by atomic mass is 9.90. The standard InChI is InChI=1S/C17H23ClN2O/c1-17(14-2-3-14)11-19-5-6-20(17)10-13-9-15(18)8-12-4-7-21-16(12)13/h8-9,14,19H,2-7,10-11H2,1H3. The summed E-state index contributed by atoms with van der Waals surface area (Å²) in [6.45, 7) is 7.45. The van der Waals surface area contributed by atoms with Gasteiger partial charge < -0.3 is 10.1 Å². The Hall–Kier alpha value is -0.770. The maximum Gasteiger partial charge on any atom is 0.127 e. The number of hydrogen-bond acceptors (Lipinski definition) is 3. The molecule has 3 nitrogen and oxygen atoms in total. The lowest BCUT2D eigenvalue weighted by Gasteiger charge is -2.46. The van der Waals surface area contributed by atoms with Crippen molar-refractivity contribution >= 4 is 11.6 Å². The third kappa shape index (κ3) is 2.45. The number of benzene rings is 1. The van der Waals surface area contributed by atoms with Gasteiger partial charge in [-0.2, -0.15) is 0 Å². The first kappa shape index (κ1) is 13.9. The van der Waals surface area contributed by atoms with E-state index in [1.165, 1.54) is 24.0 Å². The molecule has 1 aromatic rings. The molecule has 2 heterocycles. The van der Waals surface area contributed by atoms with Crippen molar-refractivity contribution in [3.63, 3.8) is 0 Å². The minimum absolute atomic E-state index is 0.284. The molecule has 0 bridgehead atoms. The van der Waals surface area contributed by atoms with Crippen LogP contribution in [0.4, 0.5) is 0 Å². The number of halogens is 1. The third-order valence-corrected chi connectivity index (χ3v) is 5.63. The quantitative estimate of drug-likeness (QED) is 0.929. The summed E-state index contributed by atoms with van der Waals surface area (Å²) in [4.78, 5) is 2.65. The van der Waals surface area contributed by atoms with Gasteiger partial charge >= 0.3 is 0 Å². The molecule has 1 unspecified atom stereocenters. The first-order valence-electron chi connectivity index (χ1n) is 8.07. The van der Waals surface area contributed by atoms with Gasteiger partial charge in [-0.15, -0.1) is 0 Å². The van der Waals surface area contributed by atoms with Crippen LogP contribution in [0.1, 0.15) is 30.9 Å². The Morgan fingerprint density at radius 3 is 3.10 bits per heavy atom. The predicted octanol–water partition coefficient (Wildman–Crippen LogP) is 2.85. The molecule has 2 fully saturated rings. The number of piperazine rings is 1. The normalized spacial score (nSPS) is 29.2. The molecule has 4 heteroatoms. The largest absolute Gasteiger partial charge is 0.493 e. The van der Waals surface area contributed by atoms with Gasteiger partial charge in [-0.1, -0.05) is 11.6 Å². The molecule has 3 aliphatic rings. The van der Waals surface area contributed by atoms with Crippen LogP contribution in [0, 0.1) is 5.92 Å².